The number of sulfonamides is 1. The largest absolute Gasteiger partial charge is 0.387 e. The van der Waals surface area contributed by atoms with Crippen LogP contribution < -0.4 is 0 Å². The molecule has 0 spiro atoms. The monoisotopic (exact) mass is 273 g/mol. The van der Waals surface area contributed by atoms with Gasteiger partial charge in [0.15, 0.2) is 0 Å². The van der Waals surface area contributed by atoms with Gasteiger partial charge in [-0.05, 0) is 24.1 Å². The molecule has 1 aliphatic rings. The molecule has 0 radical (unpaired) electrons. The van der Waals surface area contributed by atoms with Crippen LogP contribution in [0.2, 0.25) is 0 Å². The molecule has 0 amide bonds. The van der Waals surface area contributed by atoms with Gasteiger partial charge >= 0.3 is 0 Å². The molecule has 0 unspecified atom stereocenters. The first kappa shape index (κ1) is 13.5. The van der Waals surface area contributed by atoms with Crippen molar-refractivity contribution in [3.05, 3.63) is 35.6 Å². The van der Waals surface area contributed by atoms with Crippen LogP contribution in [-0.2, 0) is 15.8 Å². The van der Waals surface area contributed by atoms with Crippen molar-refractivity contribution in [3.63, 3.8) is 0 Å². The van der Waals surface area contributed by atoms with Crippen LogP contribution in [0.25, 0.3) is 0 Å². The zero-order valence-electron chi connectivity index (χ0n) is 10.1. The first-order valence-electron chi connectivity index (χ1n) is 5.79. The molecule has 6 heteroatoms. The van der Waals surface area contributed by atoms with E-state index in [1.807, 2.05) is 6.92 Å². The van der Waals surface area contributed by atoms with Crippen molar-refractivity contribution in [2.75, 3.05) is 13.1 Å². The zero-order chi connectivity index (χ0) is 13.4. The molecule has 0 bridgehead atoms. The maximum absolute atomic E-state index is 12.7. The molecule has 0 aromatic heterocycles. The lowest BCUT2D eigenvalue weighted by Gasteiger charge is -2.44. The van der Waals surface area contributed by atoms with Gasteiger partial charge in [-0.2, -0.15) is 4.31 Å². The van der Waals surface area contributed by atoms with Gasteiger partial charge < -0.3 is 5.11 Å². The van der Waals surface area contributed by atoms with E-state index in [0.29, 0.717) is 12.0 Å². The molecule has 0 atom stereocenters. The minimum Gasteiger partial charge on any atom is -0.387 e. The molecule has 1 aromatic carbocycles. The van der Waals surface area contributed by atoms with E-state index in [1.54, 1.807) is 0 Å². The molecule has 0 aliphatic carbocycles. The van der Waals surface area contributed by atoms with Gasteiger partial charge in [0.1, 0.15) is 5.82 Å². The number of hydrogen-bond acceptors (Lipinski definition) is 3. The first-order chi connectivity index (χ1) is 8.35. The lowest BCUT2D eigenvalue weighted by Crippen LogP contribution is -2.63. The van der Waals surface area contributed by atoms with Crippen molar-refractivity contribution in [1.82, 2.24) is 4.31 Å². The summed E-state index contributed by atoms with van der Waals surface area (Å²) in [5, 5.41) is 9.80. The van der Waals surface area contributed by atoms with Gasteiger partial charge in [-0.15, -0.1) is 0 Å². The Morgan fingerprint density at radius 1 is 1.33 bits per heavy atom. The molecule has 1 N–H and O–H groups in total. The molecule has 0 saturated carbocycles. The number of β-amino-alcohol motifs (C(OH)–C–C–N with tert-alkyl or cyclic N) is 1. The van der Waals surface area contributed by atoms with Crippen molar-refractivity contribution in [2.24, 2.45) is 0 Å². The normalized spacial score (nSPS) is 19.5. The van der Waals surface area contributed by atoms with Gasteiger partial charge in [0, 0.05) is 13.1 Å². The molecular formula is C12H16FNO3S. The summed E-state index contributed by atoms with van der Waals surface area (Å²) < 4.78 is 38.0. The summed E-state index contributed by atoms with van der Waals surface area (Å²) in [4.78, 5) is 0. The van der Waals surface area contributed by atoms with E-state index in [-0.39, 0.29) is 24.7 Å². The van der Waals surface area contributed by atoms with Crippen LogP contribution in [0, 0.1) is 5.82 Å². The van der Waals surface area contributed by atoms with Gasteiger partial charge in [-0.3, -0.25) is 0 Å². The van der Waals surface area contributed by atoms with Crippen LogP contribution in [0.15, 0.2) is 24.3 Å². The fourth-order valence-corrected chi connectivity index (χ4v) is 3.58. The molecule has 1 aromatic rings. The van der Waals surface area contributed by atoms with E-state index in [2.05, 4.69) is 0 Å². The van der Waals surface area contributed by atoms with Crippen molar-refractivity contribution >= 4 is 10.0 Å². The van der Waals surface area contributed by atoms with Crippen molar-refractivity contribution in [2.45, 2.75) is 24.7 Å². The maximum Gasteiger partial charge on any atom is 0.218 e. The van der Waals surface area contributed by atoms with Gasteiger partial charge in [0.2, 0.25) is 10.0 Å². The summed E-state index contributed by atoms with van der Waals surface area (Å²) in [6, 6.07) is 5.39. The second kappa shape index (κ2) is 4.60. The smallest absolute Gasteiger partial charge is 0.218 e. The summed E-state index contributed by atoms with van der Waals surface area (Å²) in [7, 11) is -3.42. The van der Waals surface area contributed by atoms with Crippen LogP contribution >= 0.6 is 0 Å². The van der Waals surface area contributed by atoms with Crippen LogP contribution in [0.3, 0.4) is 0 Å². The fraction of sp³-hybridized carbons (Fsp3) is 0.500. The quantitative estimate of drug-likeness (QED) is 0.894. The second-order valence-corrected chi connectivity index (χ2v) is 6.70. The van der Waals surface area contributed by atoms with E-state index in [4.69, 9.17) is 0 Å². The predicted octanol–water partition coefficient (Wildman–Crippen LogP) is 1.11. The number of aliphatic hydroxyl groups is 1. The lowest BCUT2D eigenvalue weighted by molar-refractivity contribution is -0.0614. The number of rotatable bonds is 4. The predicted molar refractivity (Wildman–Crippen MR) is 65.8 cm³/mol. The zero-order valence-corrected chi connectivity index (χ0v) is 11.0. The Morgan fingerprint density at radius 3 is 2.39 bits per heavy atom. The third-order valence-electron chi connectivity index (χ3n) is 3.26. The number of benzene rings is 1. The third-order valence-corrected chi connectivity index (χ3v) is 5.00. The lowest BCUT2D eigenvalue weighted by atomic mass is 9.94. The first-order valence-corrected chi connectivity index (χ1v) is 7.40. The highest BCUT2D eigenvalue weighted by Gasteiger charge is 2.45. The summed E-state index contributed by atoms with van der Waals surface area (Å²) >= 11 is 0. The Labute approximate surface area is 106 Å². The summed E-state index contributed by atoms with van der Waals surface area (Å²) in [5.74, 6) is -0.548. The standard InChI is InChI=1S/C12H16FNO3S/c1-2-12(15)8-14(9-12)18(16,17)7-10-3-5-11(13)6-4-10/h3-6,15H,2,7-9H2,1H3. The Hall–Kier alpha value is -0.980. The van der Waals surface area contributed by atoms with Crippen LogP contribution in [-0.4, -0.2) is 36.5 Å². The topological polar surface area (TPSA) is 57.6 Å². The third kappa shape index (κ3) is 2.71. The average Bonchev–Trinajstić information content (AvgIpc) is 2.27. The number of hydrogen-bond donors (Lipinski definition) is 1. The van der Waals surface area contributed by atoms with Gasteiger partial charge in [0.25, 0.3) is 0 Å². The molecular weight excluding hydrogens is 257 g/mol. The molecule has 100 valence electrons. The van der Waals surface area contributed by atoms with Crippen molar-refractivity contribution in [3.8, 4) is 0 Å². The van der Waals surface area contributed by atoms with E-state index >= 15 is 0 Å². The molecule has 1 heterocycles. The highest BCUT2D eigenvalue weighted by Crippen LogP contribution is 2.28. The highest BCUT2D eigenvalue weighted by molar-refractivity contribution is 7.88. The Kier molecular flexibility index (Phi) is 3.44. The fourth-order valence-electron chi connectivity index (χ4n) is 1.91. The Balaban J connectivity index is 2.03. The van der Waals surface area contributed by atoms with Gasteiger partial charge in [-0.1, -0.05) is 19.1 Å². The summed E-state index contributed by atoms with van der Waals surface area (Å²) in [6.07, 6.45) is 0.537. The van der Waals surface area contributed by atoms with Crippen molar-refractivity contribution < 1.29 is 17.9 Å². The van der Waals surface area contributed by atoms with Crippen LogP contribution in [0.1, 0.15) is 18.9 Å². The molecule has 18 heavy (non-hydrogen) atoms. The SMILES string of the molecule is CCC1(O)CN(S(=O)(=O)Cc2ccc(F)cc2)C1. The number of halogens is 1. The van der Waals surface area contributed by atoms with E-state index < -0.39 is 15.6 Å². The molecule has 1 saturated heterocycles. The highest BCUT2D eigenvalue weighted by atomic mass is 32.2. The molecule has 2 rings (SSSR count). The Morgan fingerprint density at radius 2 is 1.89 bits per heavy atom. The minimum absolute atomic E-state index is 0.146. The van der Waals surface area contributed by atoms with E-state index in [0.717, 1.165) is 0 Å². The van der Waals surface area contributed by atoms with Crippen molar-refractivity contribution in [1.29, 1.82) is 0 Å². The maximum atomic E-state index is 12.7. The van der Waals surface area contributed by atoms with Crippen LogP contribution in [0.5, 0.6) is 0 Å². The van der Waals surface area contributed by atoms with E-state index in [1.165, 1.54) is 28.6 Å². The van der Waals surface area contributed by atoms with Gasteiger partial charge in [0.05, 0.1) is 11.4 Å². The minimum atomic E-state index is -3.42. The average molecular weight is 273 g/mol. The number of nitrogens with zero attached hydrogens (tertiary/aromatic N) is 1. The Bertz CT molecular complexity index is 521. The molecule has 4 nitrogen and oxygen atoms in total. The van der Waals surface area contributed by atoms with Crippen LogP contribution in [0.4, 0.5) is 4.39 Å². The summed E-state index contributed by atoms with van der Waals surface area (Å²) in [6.45, 7) is 2.12. The summed E-state index contributed by atoms with van der Waals surface area (Å²) in [5.41, 5.74) is -0.334. The molecule has 1 aliphatic heterocycles. The molecule has 1 fully saturated rings. The van der Waals surface area contributed by atoms with Gasteiger partial charge in [-0.25, -0.2) is 12.8 Å². The van der Waals surface area contributed by atoms with E-state index in [9.17, 15) is 17.9 Å². The second-order valence-electron chi connectivity index (χ2n) is 4.73.